The minimum atomic E-state index is -0.327. The average molecular weight is 448 g/mol. The van der Waals surface area contributed by atoms with Gasteiger partial charge in [-0.2, -0.15) is 15.5 Å². The molecule has 0 radical (unpaired) electrons. The molecular weight excluding hydrogens is 432 g/mol. The van der Waals surface area contributed by atoms with Crippen molar-refractivity contribution in [3.63, 3.8) is 0 Å². The van der Waals surface area contributed by atoms with E-state index in [1.807, 2.05) is 24.3 Å². The van der Waals surface area contributed by atoms with Gasteiger partial charge in [-0.25, -0.2) is 14.8 Å². The van der Waals surface area contributed by atoms with Crippen molar-refractivity contribution in [2.75, 3.05) is 6.61 Å². The highest BCUT2D eigenvalue weighted by atomic mass is 16.5. The summed E-state index contributed by atoms with van der Waals surface area (Å²) >= 11 is 0. The van der Waals surface area contributed by atoms with Gasteiger partial charge < -0.3 is 4.74 Å². The van der Waals surface area contributed by atoms with Gasteiger partial charge in [-0.3, -0.25) is 13.7 Å². The van der Waals surface area contributed by atoms with Crippen molar-refractivity contribution in [2.45, 2.75) is 19.0 Å². The van der Waals surface area contributed by atoms with E-state index < -0.39 is 0 Å². The lowest BCUT2D eigenvalue weighted by Crippen LogP contribution is -2.31. The van der Waals surface area contributed by atoms with Crippen LogP contribution in [0.25, 0.3) is 28.1 Å². The van der Waals surface area contributed by atoms with Crippen LogP contribution in [0.3, 0.4) is 0 Å². The summed E-state index contributed by atoms with van der Waals surface area (Å²) in [6.45, 7) is 0.343. The van der Waals surface area contributed by atoms with E-state index in [-0.39, 0.29) is 18.3 Å². The summed E-state index contributed by atoms with van der Waals surface area (Å²) in [7, 11) is 0. The number of imidazole rings is 2. The standard InChI is InChI=1S/C24H16N8O2/c25-8-9-30-20-13-27-23(31-14-28-17-6-5-15(12-26)11-19(17)31)29-22(20)32(24(30)33)18-7-10-34-21-4-2-1-3-16(18)21/h1-6,11,13-14,18H,7,9-10H2/t18-/m1/s1. The molecule has 6 rings (SSSR count). The second kappa shape index (κ2) is 7.57. The first-order valence-electron chi connectivity index (χ1n) is 10.6. The fraction of sp³-hybridized carbons (Fsp3) is 0.167. The summed E-state index contributed by atoms with van der Waals surface area (Å²) in [5.74, 6) is 1.04. The minimum absolute atomic E-state index is 0.116. The molecule has 0 saturated heterocycles. The fourth-order valence-electron chi connectivity index (χ4n) is 4.50. The number of nitrogens with zero attached hydrogens (tertiary/aromatic N) is 8. The summed E-state index contributed by atoms with van der Waals surface area (Å²) in [5, 5.41) is 18.6. The van der Waals surface area contributed by atoms with Crippen molar-refractivity contribution in [3.05, 3.63) is 76.6 Å². The maximum atomic E-state index is 13.5. The van der Waals surface area contributed by atoms with Crippen LogP contribution in [0.15, 0.2) is 59.8 Å². The summed E-state index contributed by atoms with van der Waals surface area (Å²) in [6, 6.07) is 16.7. The normalized spacial score (nSPS) is 14.9. The SMILES string of the molecule is N#CCn1c(=O)n([C@@H]2CCOc3ccccc32)c2nc(-n3cnc4ccc(C#N)cc43)ncc21. The van der Waals surface area contributed by atoms with Gasteiger partial charge in [0.25, 0.3) is 0 Å². The van der Waals surface area contributed by atoms with E-state index in [9.17, 15) is 15.3 Å². The molecular formula is C24H16N8O2. The Hall–Kier alpha value is -4.96. The summed E-state index contributed by atoms with van der Waals surface area (Å²) in [6.07, 6.45) is 3.73. The van der Waals surface area contributed by atoms with Crippen LogP contribution in [0.2, 0.25) is 0 Å². The first-order valence-corrected chi connectivity index (χ1v) is 10.6. The summed E-state index contributed by atoms with van der Waals surface area (Å²) in [4.78, 5) is 27.1. The zero-order chi connectivity index (χ0) is 23.2. The van der Waals surface area contributed by atoms with E-state index >= 15 is 0 Å². The molecule has 164 valence electrons. The third-order valence-corrected chi connectivity index (χ3v) is 6.05. The van der Waals surface area contributed by atoms with Crippen LogP contribution in [0.1, 0.15) is 23.6 Å². The number of rotatable bonds is 3. The van der Waals surface area contributed by atoms with Crippen LogP contribution >= 0.6 is 0 Å². The Morgan fingerprint density at radius 1 is 1.12 bits per heavy atom. The molecule has 5 aromatic rings. The van der Waals surface area contributed by atoms with Crippen molar-refractivity contribution < 1.29 is 4.74 Å². The number of fused-ring (bicyclic) bond motifs is 3. The van der Waals surface area contributed by atoms with Gasteiger partial charge >= 0.3 is 5.69 Å². The number of hydrogen-bond donors (Lipinski definition) is 0. The highest BCUT2D eigenvalue weighted by molar-refractivity contribution is 5.79. The highest BCUT2D eigenvalue weighted by Gasteiger charge is 2.28. The van der Waals surface area contributed by atoms with E-state index in [0.29, 0.717) is 46.7 Å². The molecule has 4 heterocycles. The highest BCUT2D eigenvalue weighted by Crippen LogP contribution is 2.35. The number of nitriles is 2. The molecule has 1 aliphatic heterocycles. The molecule has 3 aromatic heterocycles. The number of para-hydroxylation sites is 1. The van der Waals surface area contributed by atoms with Crippen molar-refractivity contribution in [1.29, 1.82) is 10.5 Å². The van der Waals surface area contributed by atoms with Crippen molar-refractivity contribution >= 4 is 22.2 Å². The molecule has 0 saturated carbocycles. The molecule has 0 spiro atoms. The maximum absolute atomic E-state index is 13.5. The second-order valence-corrected chi connectivity index (χ2v) is 7.90. The van der Waals surface area contributed by atoms with Gasteiger partial charge in [-0.1, -0.05) is 18.2 Å². The van der Waals surface area contributed by atoms with E-state index in [4.69, 9.17) is 9.72 Å². The van der Waals surface area contributed by atoms with Crippen molar-refractivity contribution in [1.82, 2.24) is 28.7 Å². The molecule has 0 aliphatic carbocycles. The van der Waals surface area contributed by atoms with Gasteiger partial charge in [0, 0.05) is 12.0 Å². The molecule has 34 heavy (non-hydrogen) atoms. The molecule has 2 aromatic carbocycles. The van der Waals surface area contributed by atoms with Crippen LogP contribution < -0.4 is 10.4 Å². The average Bonchev–Trinajstić information content (AvgIpc) is 3.42. The number of ether oxygens (including phenoxy) is 1. The van der Waals surface area contributed by atoms with Crippen LogP contribution in [0, 0.1) is 22.7 Å². The van der Waals surface area contributed by atoms with Gasteiger partial charge in [0.2, 0.25) is 5.95 Å². The molecule has 10 heteroatoms. The lowest BCUT2D eigenvalue weighted by atomic mass is 10.0. The smallest absolute Gasteiger partial charge is 0.331 e. The third kappa shape index (κ3) is 2.86. The lowest BCUT2D eigenvalue weighted by Gasteiger charge is -2.26. The molecule has 0 fully saturated rings. The molecule has 0 unspecified atom stereocenters. The van der Waals surface area contributed by atoms with E-state index in [2.05, 4.69) is 22.1 Å². The lowest BCUT2D eigenvalue weighted by molar-refractivity contribution is 0.256. The Bertz CT molecular complexity index is 1730. The topological polar surface area (TPSA) is 127 Å². The number of aromatic nitrogens is 6. The van der Waals surface area contributed by atoms with Gasteiger partial charge in [-0.15, -0.1) is 0 Å². The summed E-state index contributed by atoms with van der Waals surface area (Å²) < 4.78 is 10.5. The van der Waals surface area contributed by atoms with Crippen LogP contribution in [0.5, 0.6) is 5.75 Å². The van der Waals surface area contributed by atoms with Crippen molar-refractivity contribution in [2.24, 2.45) is 0 Å². The van der Waals surface area contributed by atoms with E-state index in [1.165, 1.54) is 4.57 Å². The van der Waals surface area contributed by atoms with Gasteiger partial charge in [0.05, 0.1) is 47.6 Å². The molecule has 0 amide bonds. The third-order valence-electron chi connectivity index (χ3n) is 6.05. The van der Waals surface area contributed by atoms with Gasteiger partial charge in [-0.05, 0) is 24.3 Å². The maximum Gasteiger partial charge on any atom is 0.331 e. The second-order valence-electron chi connectivity index (χ2n) is 7.90. The molecule has 0 N–H and O–H groups in total. The number of hydrogen-bond acceptors (Lipinski definition) is 7. The van der Waals surface area contributed by atoms with Gasteiger partial charge in [0.1, 0.15) is 24.1 Å². The molecule has 1 atom stereocenters. The Kier molecular flexibility index (Phi) is 4.39. The van der Waals surface area contributed by atoms with Crippen molar-refractivity contribution in [3.8, 4) is 23.8 Å². The van der Waals surface area contributed by atoms with E-state index in [1.54, 1.807) is 39.9 Å². The fourth-order valence-corrected chi connectivity index (χ4v) is 4.50. The van der Waals surface area contributed by atoms with Crippen LogP contribution in [0.4, 0.5) is 0 Å². The van der Waals surface area contributed by atoms with Crippen LogP contribution in [-0.4, -0.2) is 35.3 Å². The first-order chi connectivity index (χ1) is 16.7. The zero-order valence-electron chi connectivity index (χ0n) is 17.8. The zero-order valence-corrected chi connectivity index (χ0v) is 17.8. The predicted octanol–water partition coefficient (Wildman–Crippen LogP) is 2.70. The van der Waals surface area contributed by atoms with E-state index in [0.717, 1.165) is 11.3 Å². The Morgan fingerprint density at radius 2 is 2.00 bits per heavy atom. The predicted molar refractivity (Wildman–Crippen MR) is 121 cm³/mol. The Labute approximate surface area is 192 Å². The minimum Gasteiger partial charge on any atom is -0.493 e. The molecule has 0 bridgehead atoms. The Balaban J connectivity index is 1.61. The number of benzene rings is 2. The monoisotopic (exact) mass is 448 g/mol. The van der Waals surface area contributed by atoms with Gasteiger partial charge in [0.15, 0.2) is 5.65 Å². The first kappa shape index (κ1) is 19.7. The Morgan fingerprint density at radius 3 is 2.85 bits per heavy atom. The van der Waals surface area contributed by atoms with Crippen LogP contribution in [-0.2, 0) is 6.54 Å². The summed E-state index contributed by atoms with van der Waals surface area (Å²) in [5.41, 5.74) is 3.32. The molecule has 10 nitrogen and oxygen atoms in total. The molecule has 1 aliphatic rings. The quantitative estimate of drug-likeness (QED) is 0.415. The largest absolute Gasteiger partial charge is 0.493 e.